The van der Waals surface area contributed by atoms with Crippen LogP contribution in [-0.2, 0) is 4.79 Å². The lowest BCUT2D eigenvalue weighted by Gasteiger charge is -2.43. The zero-order valence-corrected chi connectivity index (χ0v) is 21.8. The number of rotatable bonds is 8. The monoisotopic (exact) mass is 481 g/mol. The van der Waals surface area contributed by atoms with Crippen LogP contribution in [0.1, 0.15) is 50.8 Å². The normalized spacial score (nSPS) is 14.4. The molecule has 1 aliphatic heterocycles. The Bertz CT molecular complexity index is 1280. The molecule has 0 fully saturated rings. The number of amides is 1. The van der Waals surface area contributed by atoms with Crippen molar-refractivity contribution in [3.05, 3.63) is 89.5 Å². The summed E-state index contributed by atoms with van der Waals surface area (Å²) in [5, 5.41) is 4.19. The second kappa shape index (κ2) is 10.8. The van der Waals surface area contributed by atoms with E-state index in [9.17, 15) is 4.79 Å². The minimum atomic E-state index is -0.305. The maximum atomic E-state index is 12.3. The minimum Gasteiger partial charge on any atom is -0.484 e. The maximum absolute atomic E-state index is 12.3. The molecule has 5 heteroatoms. The summed E-state index contributed by atoms with van der Waals surface area (Å²) >= 11 is 0. The van der Waals surface area contributed by atoms with Crippen LogP contribution in [-0.4, -0.2) is 30.8 Å². The molecule has 0 saturated heterocycles. The first-order chi connectivity index (χ1) is 17.3. The fourth-order valence-electron chi connectivity index (χ4n) is 4.75. The van der Waals surface area contributed by atoms with Crippen LogP contribution in [0.3, 0.4) is 0 Å². The molecule has 5 nitrogen and oxygen atoms in total. The van der Waals surface area contributed by atoms with Crippen molar-refractivity contribution in [1.29, 1.82) is 0 Å². The number of anilines is 1. The van der Waals surface area contributed by atoms with Gasteiger partial charge in [-0.25, -0.2) is 5.43 Å². The SMILES string of the molecule is CCCN1c2cc(C)c(/C=N/NC(=O)COc3ccc(-c4ccccc4)cc3)cc2C(C)=CC1(C)C. The van der Waals surface area contributed by atoms with Crippen LogP contribution in [0.2, 0.25) is 0 Å². The summed E-state index contributed by atoms with van der Waals surface area (Å²) in [4.78, 5) is 14.8. The van der Waals surface area contributed by atoms with Crippen molar-refractivity contribution in [2.75, 3.05) is 18.1 Å². The largest absolute Gasteiger partial charge is 0.484 e. The third kappa shape index (κ3) is 5.68. The van der Waals surface area contributed by atoms with Gasteiger partial charge in [0.05, 0.1) is 11.8 Å². The number of fused-ring (bicyclic) bond motifs is 1. The first-order valence-corrected chi connectivity index (χ1v) is 12.5. The Morgan fingerprint density at radius 2 is 1.72 bits per heavy atom. The Morgan fingerprint density at radius 3 is 2.42 bits per heavy atom. The Labute approximate surface area is 214 Å². The molecule has 4 rings (SSSR count). The van der Waals surface area contributed by atoms with Crippen molar-refractivity contribution in [2.24, 2.45) is 5.10 Å². The number of benzene rings is 3. The average molecular weight is 482 g/mol. The van der Waals surface area contributed by atoms with Crippen LogP contribution in [0.5, 0.6) is 5.75 Å². The molecule has 0 aromatic heterocycles. The van der Waals surface area contributed by atoms with E-state index in [4.69, 9.17) is 4.74 Å². The van der Waals surface area contributed by atoms with E-state index in [1.54, 1.807) is 6.21 Å². The molecule has 3 aromatic carbocycles. The van der Waals surface area contributed by atoms with Gasteiger partial charge in [0.15, 0.2) is 6.61 Å². The topological polar surface area (TPSA) is 53.9 Å². The minimum absolute atomic E-state index is 0.0228. The van der Waals surface area contributed by atoms with Gasteiger partial charge >= 0.3 is 0 Å². The molecule has 36 heavy (non-hydrogen) atoms. The summed E-state index contributed by atoms with van der Waals surface area (Å²) in [5.74, 6) is 0.335. The second-order valence-electron chi connectivity index (χ2n) is 9.83. The average Bonchev–Trinajstić information content (AvgIpc) is 2.86. The molecule has 1 aliphatic rings. The van der Waals surface area contributed by atoms with Crippen molar-refractivity contribution >= 4 is 23.4 Å². The number of aryl methyl sites for hydroxylation is 1. The van der Waals surface area contributed by atoms with Gasteiger partial charge in [-0.3, -0.25) is 4.79 Å². The second-order valence-corrected chi connectivity index (χ2v) is 9.83. The summed E-state index contributed by atoms with van der Waals surface area (Å²) in [6.07, 6.45) is 5.12. The van der Waals surface area contributed by atoms with Gasteiger partial charge in [-0.2, -0.15) is 5.10 Å². The summed E-state index contributed by atoms with van der Waals surface area (Å²) in [6, 6.07) is 22.2. The third-order valence-electron chi connectivity index (χ3n) is 6.54. The number of carbonyl (C=O) groups excluding carboxylic acids is 1. The van der Waals surface area contributed by atoms with Gasteiger partial charge < -0.3 is 9.64 Å². The number of nitrogens with zero attached hydrogens (tertiary/aromatic N) is 2. The van der Waals surface area contributed by atoms with E-state index in [-0.39, 0.29) is 18.1 Å². The van der Waals surface area contributed by atoms with Crippen molar-refractivity contribution in [3.8, 4) is 16.9 Å². The van der Waals surface area contributed by atoms with E-state index < -0.39 is 0 Å². The van der Waals surface area contributed by atoms with Crippen molar-refractivity contribution in [3.63, 3.8) is 0 Å². The van der Waals surface area contributed by atoms with Crippen molar-refractivity contribution < 1.29 is 9.53 Å². The molecule has 0 spiro atoms. The molecule has 1 N–H and O–H groups in total. The van der Waals surface area contributed by atoms with Gasteiger partial charge in [0.1, 0.15) is 5.75 Å². The lowest BCUT2D eigenvalue weighted by Crippen LogP contribution is -2.45. The molecule has 1 heterocycles. The van der Waals surface area contributed by atoms with Gasteiger partial charge in [-0.15, -0.1) is 0 Å². The van der Waals surface area contributed by atoms with Gasteiger partial charge in [0, 0.05) is 17.8 Å². The van der Waals surface area contributed by atoms with Crippen molar-refractivity contribution in [2.45, 2.75) is 46.6 Å². The highest BCUT2D eigenvalue weighted by Crippen LogP contribution is 2.40. The molecule has 0 saturated carbocycles. The molecule has 0 unspecified atom stereocenters. The van der Waals surface area contributed by atoms with Gasteiger partial charge in [-0.1, -0.05) is 55.5 Å². The highest BCUT2D eigenvalue weighted by molar-refractivity contribution is 5.90. The maximum Gasteiger partial charge on any atom is 0.277 e. The predicted molar refractivity (Wildman–Crippen MR) is 150 cm³/mol. The number of hydrazone groups is 1. The van der Waals surface area contributed by atoms with E-state index in [1.807, 2.05) is 42.5 Å². The molecule has 1 amide bonds. The molecule has 0 aliphatic carbocycles. The fraction of sp³-hybridized carbons (Fsp3) is 0.290. The Balaban J connectivity index is 1.37. The number of hydrogen-bond acceptors (Lipinski definition) is 4. The van der Waals surface area contributed by atoms with E-state index in [0.717, 1.165) is 35.2 Å². The molecule has 0 atom stereocenters. The Kier molecular flexibility index (Phi) is 7.58. The van der Waals surface area contributed by atoms with E-state index in [1.165, 1.54) is 16.8 Å². The predicted octanol–water partition coefficient (Wildman–Crippen LogP) is 6.60. The van der Waals surface area contributed by atoms with E-state index >= 15 is 0 Å². The molecule has 186 valence electrons. The van der Waals surface area contributed by atoms with Crippen LogP contribution >= 0.6 is 0 Å². The van der Waals surface area contributed by atoms with Crippen LogP contribution in [0.25, 0.3) is 16.7 Å². The highest BCUT2D eigenvalue weighted by Gasteiger charge is 2.31. The molecular formula is C31H35N3O2. The molecule has 3 aromatic rings. The standard InChI is InChI=1S/C31H35N3O2/c1-6-16-34-29-17-22(2)26(18-28(29)23(3)19-31(34,4)5)20-32-33-30(35)21-36-27-14-12-25(13-15-27)24-10-8-7-9-11-24/h7-15,17-20H,6,16,21H2,1-5H3,(H,33,35)/b32-20+. The smallest absolute Gasteiger partial charge is 0.277 e. The third-order valence-corrected chi connectivity index (χ3v) is 6.54. The summed E-state index contributed by atoms with van der Waals surface area (Å²) in [6.45, 7) is 11.9. The number of allylic oxidation sites excluding steroid dienone is 1. The molecule has 0 bridgehead atoms. The lowest BCUT2D eigenvalue weighted by molar-refractivity contribution is -0.123. The van der Waals surface area contributed by atoms with E-state index in [0.29, 0.717) is 5.75 Å². The van der Waals surface area contributed by atoms with E-state index in [2.05, 4.69) is 80.4 Å². The molecule has 0 radical (unpaired) electrons. The van der Waals surface area contributed by atoms with Crippen LogP contribution < -0.4 is 15.1 Å². The van der Waals surface area contributed by atoms with Gasteiger partial charge in [-0.05, 0) is 86.2 Å². The number of hydrogen-bond donors (Lipinski definition) is 1. The van der Waals surface area contributed by atoms with Crippen molar-refractivity contribution in [1.82, 2.24) is 5.43 Å². The molecular weight excluding hydrogens is 446 g/mol. The lowest BCUT2D eigenvalue weighted by atomic mass is 9.87. The van der Waals surface area contributed by atoms with Crippen LogP contribution in [0, 0.1) is 6.92 Å². The van der Waals surface area contributed by atoms with Crippen LogP contribution in [0.15, 0.2) is 77.9 Å². The number of ether oxygens (including phenoxy) is 1. The van der Waals surface area contributed by atoms with Gasteiger partial charge in [0.2, 0.25) is 0 Å². The van der Waals surface area contributed by atoms with Gasteiger partial charge in [0.25, 0.3) is 5.91 Å². The summed E-state index contributed by atoms with van der Waals surface area (Å²) < 4.78 is 5.63. The zero-order chi connectivity index (χ0) is 25.7. The first kappa shape index (κ1) is 25.2. The zero-order valence-electron chi connectivity index (χ0n) is 21.8. The Hall–Kier alpha value is -3.86. The number of nitrogens with one attached hydrogen (secondary N) is 1. The number of carbonyl (C=O) groups is 1. The van der Waals surface area contributed by atoms with Crippen LogP contribution in [0.4, 0.5) is 5.69 Å². The fourth-order valence-corrected chi connectivity index (χ4v) is 4.75. The highest BCUT2D eigenvalue weighted by atomic mass is 16.5. The quantitative estimate of drug-likeness (QED) is 0.291. The summed E-state index contributed by atoms with van der Waals surface area (Å²) in [5.41, 5.74) is 10.6. The summed E-state index contributed by atoms with van der Waals surface area (Å²) in [7, 11) is 0. The first-order valence-electron chi connectivity index (χ1n) is 12.5. The Morgan fingerprint density at radius 1 is 1.03 bits per heavy atom.